The number of amides is 2. The molecule has 2 N–H and O–H groups in total. The molecule has 0 aromatic heterocycles. The Morgan fingerprint density at radius 3 is 2.31 bits per heavy atom. The summed E-state index contributed by atoms with van der Waals surface area (Å²) in [5.74, 6) is -8.77. The van der Waals surface area contributed by atoms with Gasteiger partial charge in [-0.3, -0.25) is 14.4 Å². The van der Waals surface area contributed by atoms with Gasteiger partial charge in [-0.1, -0.05) is 23.2 Å². The van der Waals surface area contributed by atoms with E-state index < -0.39 is 35.7 Å². The Hall–Kier alpha value is -1.93. The zero-order chi connectivity index (χ0) is 19.5. The minimum absolute atomic E-state index is 0.0633. The van der Waals surface area contributed by atoms with E-state index in [1.54, 1.807) is 0 Å². The molecule has 0 heterocycles. The van der Waals surface area contributed by atoms with Crippen LogP contribution in [0.3, 0.4) is 0 Å². The molecule has 1 aromatic carbocycles. The van der Waals surface area contributed by atoms with E-state index in [4.69, 9.17) is 23.2 Å². The van der Waals surface area contributed by atoms with Crippen molar-refractivity contribution in [1.82, 2.24) is 5.32 Å². The number of benzene rings is 1. The maximum Gasteiger partial charge on any atom is 0.400 e. The fourth-order valence-corrected chi connectivity index (χ4v) is 3.23. The number of anilines is 1. The van der Waals surface area contributed by atoms with Gasteiger partial charge in [0.25, 0.3) is 0 Å². The maximum absolute atomic E-state index is 14.1. The average molecular weight is 409 g/mol. The molecular weight excluding hydrogens is 393 g/mol. The highest BCUT2D eigenvalue weighted by Crippen LogP contribution is 2.28. The van der Waals surface area contributed by atoms with Crippen molar-refractivity contribution in [3.8, 4) is 0 Å². The zero-order valence-electron chi connectivity index (χ0n) is 13.7. The normalized spacial score (nSPS) is 19.7. The van der Waals surface area contributed by atoms with Crippen LogP contribution < -0.4 is 10.6 Å². The highest BCUT2D eigenvalue weighted by atomic mass is 35.5. The van der Waals surface area contributed by atoms with Crippen LogP contribution in [0.15, 0.2) is 18.2 Å². The van der Waals surface area contributed by atoms with Gasteiger partial charge in [0, 0.05) is 21.8 Å². The molecule has 0 bridgehead atoms. The van der Waals surface area contributed by atoms with Gasteiger partial charge in [0.1, 0.15) is 0 Å². The van der Waals surface area contributed by atoms with Crippen molar-refractivity contribution in [3.05, 3.63) is 28.2 Å². The SMILES string of the molecule is COC(=O)[C@@H]1CCC(NC(=O)C(F)(F)C(=O)Nc2cc(Cl)cc(Cl)c2)C1. The number of methoxy groups -OCH3 is 1. The van der Waals surface area contributed by atoms with E-state index in [0.29, 0.717) is 12.8 Å². The second-order valence-corrected chi connectivity index (χ2v) is 6.76. The van der Waals surface area contributed by atoms with Gasteiger partial charge in [-0.2, -0.15) is 8.78 Å². The molecular formula is C16H16Cl2F2N2O4. The standard InChI is InChI=1S/C16H16Cl2F2N2O4/c1-26-13(23)8-2-3-11(4-8)21-14(24)16(19,20)15(25)22-12-6-9(17)5-10(18)7-12/h5-8,11H,2-4H2,1H3,(H,21,24)(H,22,25)/t8-,11?/m1/s1. The fourth-order valence-electron chi connectivity index (χ4n) is 2.71. The summed E-state index contributed by atoms with van der Waals surface area (Å²) in [5.41, 5.74) is -0.0633. The molecule has 0 spiro atoms. The van der Waals surface area contributed by atoms with Gasteiger partial charge in [-0.25, -0.2) is 0 Å². The lowest BCUT2D eigenvalue weighted by Crippen LogP contribution is -2.51. The summed E-state index contributed by atoms with van der Waals surface area (Å²) in [6, 6.07) is 3.17. The first kappa shape index (κ1) is 20.4. The summed E-state index contributed by atoms with van der Waals surface area (Å²) in [4.78, 5) is 35.1. The van der Waals surface area contributed by atoms with Crippen LogP contribution in [0.5, 0.6) is 0 Å². The molecule has 6 nitrogen and oxygen atoms in total. The lowest BCUT2D eigenvalue weighted by molar-refractivity contribution is -0.157. The van der Waals surface area contributed by atoms with Crippen molar-refractivity contribution >= 4 is 46.7 Å². The molecule has 1 aliphatic carbocycles. The minimum Gasteiger partial charge on any atom is -0.469 e. The van der Waals surface area contributed by atoms with Crippen LogP contribution in [0.25, 0.3) is 0 Å². The van der Waals surface area contributed by atoms with Crippen LogP contribution in [-0.2, 0) is 19.1 Å². The second kappa shape index (κ2) is 8.18. The highest BCUT2D eigenvalue weighted by Gasteiger charge is 2.48. The Labute approximate surface area is 158 Å². The van der Waals surface area contributed by atoms with Crippen molar-refractivity contribution < 1.29 is 27.9 Å². The Bertz CT molecular complexity index is 710. The summed E-state index contributed by atoms with van der Waals surface area (Å²) in [6.45, 7) is 0. The zero-order valence-corrected chi connectivity index (χ0v) is 15.2. The molecule has 10 heteroatoms. The number of ether oxygens (including phenoxy) is 1. The van der Waals surface area contributed by atoms with Gasteiger partial charge >= 0.3 is 23.7 Å². The predicted octanol–water partition coefficient (Wildman–Crippen LogP) is 3.03. The van der Waals surface area contributed by atoms with Gasteiger partial charge in [-0.15, -0.1) is 0 Å². The van der Waals surface area contributed by atoms with Gasteiger partial charge in [-0.05, 0) is 37.5 Å². The Balaban J connectivity index is 1.98. The van der Waals surface area contributed by atoms with Crippen LogP contribution >= 0.6 is 23.2 Å². The van der Waals surface area contributed by atoms with Crippen molar-refractivity contribution in [1.29, 1.82) is 0 Å². The molecule has 1 saturated carbocycles. The first-order valence-electron chi connectivity index (χ1n) is 7.67. The lowest BCUT2D eigenvalue weighted by atomic mass is 10.1. The largest absolute Gasteiger partial charge is 0.469 e. The molecule has 1 aromatic rings. The van der Waals surface area contributed by atoms with Crippen LogP contribution in [0.4, 0.5) is 14.5 Å². The van der Waals surface area contributed by atoms with Crippen molar-refractivity contribution in [2.24, 2.45) is 5.92 Å². The summed E-state index contributed by atoms with van der Waals surface area (Å²) in [6.07, 6.45) is 0.934. The molecule has 0 radical (unpaired) electrons. The van der Waals surface area contributed by atoms with E-state index in [1.165, 1.54) is 25.3 Å². The minimum atomic E-state index is -4.31. The monoisotopic (exact) mass is 408 g/mol. The molecule has 26 heavy (non-hydrogen) atoms. The maximum atomic E-state index is 14.1. The number of nitrogens with one attached hydrogen (secondary N) is 2. The third kappa shape index (κ3) is 4.82. The average Bonchev–Trinajstić information content (AvgIpc) is 3.01. The van der Waals surface area contributed by atoms with Crippen molar-refractivity contribution in [2.45, 2.75) is 31.2 Å². The third-order valence-corrected chi connectivity index (χ3v) is 4.43. The first-order valence-corrected chi connectivity index (χ1v) is 8.43. The number of carbonyl (C=O) groups is 3. The van der Waals surface area contributed by atoms with Gasteiger partial charge in [0.2, 0.25) is 0 Å². The summed E-state index contributed by atoms with van der Waals surface area (Å²) in [7, 11) is 1.23. The molecule has 1 aliphatic rings. The van der Waals surface area contributed by atoms with Gasteiger partial charge in [0.15, 0.2) is 0 Å². The Kier molecular flexibility index (Phi) is 6.41. The molecule has 2 amide bonds. The number of halogens is 4. The molecule has 142 valence electrons. The molecule has 1 fully saturated rings. The fraction of sp³-hybridized carbons (Fsp3) is 0.438. The third-order valence-electron chi connectivity index (χ3n) is 3.99. The molecule has 2 atom stereocenters. The first-order chi connectivity index (χ1) is 12.1. The summed E-state index contributed by atoms with van der Waals surface area (Å²) < 4.78 is 32.8. The molecule has 0 aliphatic heterocycles. The van der Waals surface area contributed by atoms with Gasteiger partial charge < -0.3 is 15.4 Å². The molecule has 1 unspecified atom stereocenters. The lowest BCUT2D eigenvalue weighted by Gasteiger charge is -2.19. The van der Waals surface area contributed by atoms with E-state index in [-0.39, 0.29) is 22.2 Å². The van der Waals surface area contributed by atoms with Crippen molar-refractivity contribution in [3.63, 3.8) is 0 Å². The summed E-state index contributed by atoms with van der Waals surface area (Å²) in [5, 5.41) is 4.30. The number of esters is 1. The van der Waals surface area contributed by atoms with E-state index in [2.05, 4.69) is 10.1 Å². The number of hydrogen-bond donors (Lipinski definition) is 2. The summed E-state index contributed by atoms with van der Waals surface area (Å²) >= 11 is 11.5. The quantitative estimate of drug-likeness (QED) is 0.579. The number of carbonyl (C=O) groups excluding carboxylic acids is 3. The van der Waals surface area contributed by atoms with Crippen LogP contribution in [0.2, 0.25) is 10.0 Å². The Morgan fingerprint density at radius 2 is 1.73 bits per heavy atom. The van der Waals surface area contributed by atoms with Crippen LogP contribution in [-0.4, -0.2) is 36.9 Å². The van der Waals surface area contributed by atoms with Crippen LogP contribution in [0, 0.1) is 5.92 Å². The van der Waals surface area contributed by atoms with Crippen LogP contribution in [0.1, 0.15) is 19.3 Å². The second-order valence-electron chi connectivity index (χ2n) is 5.89. The number of hydrogen-bond acceptors (Lipinski definition) is 4. The Morgan fingerprint density at radius 1 is 1.12 bits per heavy atom. The number of alkyl halides is 2. The van der Waals surface area contributed by atoms with E-state index in [0.717, 1.165) is 0 Å². The molecule has 0 saturated heterocycles. The van der Waals surface area contributed by atoms with E-state index >= 15 is 0 Å². The smallest absolute Gasteiger partial charge is 0.400 e. The van der Waals surface area contributed by atoms with Crippen molar-refractivity contribution in [2.75, 3.05) is 12.4 Å². The molecule has 2 rings (SSSR count). The van der Waals surface area contributed by atoms with Gasteiger partial charge in [0.05, 0.1) is 13.0 Å². The highest BCUT2D eigenvalue weighted by molar-refractivity contribution is 6.35. The predicted molar refractivity (Wildman–Crippen MR) is 91.3 cm³/mol. The van der Waals surface area contributed by atoms with E-state index in [1.807, 2.05) is 5.32 Å². The number of rotatable bonds is 5. The topological polar surface area (TPSA) is 84.5 Å². The van der Waals surface area contributed by atoms with E-state index in [9.17, 15) is 23.2 Å².